The molecule has 1 aromatic heterocycles. The van der Waals surface area contributed by atoms with E-state index >= 15 is 0 Å². The van der Waals surface area contributed by atoms with Crippen molar-refractivity contribution in [2.24, 2.45) is 0 Å². The van der Waals surface area contributed by atoms with Crippen molar-refractivity contribution in [1.29, 1.82) is 0 Å². The summed E-state index contributed by atoms with van der Waals surface area (Å²) in [6, 6.07) is 9.32. The van der Waals surface area contributed by atoms with Crippen LogP contribution in [0.15, 0.2) is 42.7 Å². The third-order valence-corrected chi connectivity index (χ3v) is 3.04. The molecule has 0 aliphatic carbocycles. The molecule has 0 aliphatic heterocycles. The molecule has 0 radical (unpaired) electrons. The van der Waals surface area contributed by atoms with Crippen molar-refractivity contribution in [2.75, 3.05) is 11.9 Å². The van der Waals surface area contributed by atoms with Gasteiger partial charge in [-0.25, -0.2) is 4.79 Å². The number of benzene rings is 1. The van der Waals surface area contributed by atoms with Crippen molar-refractivity contribution in [1.82, 2.24) is 4.98 Å². The van der Waals surface area contributed by atoms with E-state index in [-0.39, 0.29) is 5.97 Å². The summed E-state index contributed by atoms with van der Waals surface area (Å²) in [6.45, 7) is 4.83. The highest BCUT2D eigenvalue weighted by Crippen LogP contribution is 2.18. The van der Waals surface area contributed by atoms with Crippen LogP contribution in [-0.2, 0) is 11.3 Å². The van der Waals surface area contributed by atoms with Gasteiger partial charge in [0.1, 0.15) is 0 Å². The Hall–Kier alpha value is -2.36. The van der Waals surface area contributed by atoms with Gasteiger partial charge in [0.2, 0.25) is 0 Å². The summed E-state index contributed by atoms with van der Waals surface area (Å²) < 4.78 is 5.05. The molecule has 20 heavy (non-hydrogen) atoms. The zero-order chi connectivity index (χ0) is 14.4. The molecule has 0 unspecified atom stereocenters. The van der Waals surface area contributed by atoms with E-state index in [9.17, 15) is 4.79 Å². The first-order chi connectivity index (χ1) is 9.72. The van der Waals surface area contributed by atoms with Crippen molar-refractivity contribution in [2.45, 2.75) is 20.4 Å². The first-order valence-corrected chi connectivity index (χ1v) is 6.62. The molecule has 0 saturated carbocycles. The SMILES string of the molecule is CCOC(=O)c1ccccc1NCc1cnccc1C. The van der Waals surface area contributed by atoms with Crippen LogP contribution >= 0.6 is 0 Å². The summed E-state index contributed by atoms with van der Waals surface area (Å²) in [4.78, 5) is 16.0. The smallest absolute Gasteiger partial charge is 0.340 e. The number of aryl methyl sites for hydroxylation is 1. The summed E-state index contributed by atoms with van der Waals surface area (Å²) in [5.74, 6) is -0.307. The maximum absolute atomic E-state index is 11.9. The molecule has 0 fully saturated rings. The highest BCUT2D eigenvalue weighted by Gasteiger charge is 2.11. The molecule has 1 N–H and O–H groups in total. The topological polar surface area (TPSA) is 51.2 Å². The minimum absolute atomic E-state index is 0.307. The lowest BCUT2D eigenvalue weighted by Crippen LogP contribution is -2.10. The number of nitrogens with one attached hydrogen (secondary N) is 1. The summed E-state index contributed by atoms with van der Waals surface area (Å²) >= 11 is 0. The second-order valence-electron chi connectivity index (χ2n) is 4.42. The molecule has 0 spiro atoms. The van der Waals surface area contributed by atoms with Crippen molar-refractivity contribution in [3.05, 3.63) is 59.4 Å². The van der Waals surface area contributed by atoms with Crippen molar-refractivity contribution in [3.63, 3.8) is 0 Å². The van der Waals surface area contributed by atoms with Gasteiger partial charge in [-0.1, -0.05) is 12.1 Å². The number of hydrogen-bond donors (Lipinski definition) is 1. The van der Waals surface area contributed by atoms with Crippen LogP contribution in [0.3, 0.4) is 0 Å². The minimum Gasteiger partial charge on any atom is -0.462 e. The molecule has 1 heterocycles. The fourth-order valence-corrected chi connectivity index (χ4v) is 1.90. The van der Waals surface area contributed by atoms with Gasteiger partial charge in [-0.3, -0.25) is 4.98 Å². The molecule has 4 heteroatoms. The monoisotopic (exact) mass is 270 g/mol. The van der Waals surface area contributed by atoms with E-state index in [0.29, 0.717) is 18.7 Å². The maximum Gasteiger partial charge on any atom is 0.340 e. The van der Waals surface area contributed by atoms with E-state index in [0.717, 1.165) is 11.3 Å². The molecule has 0 saturated heterocycles. The summed E-state index contributed by atoms with van der Waals surface area (Å²) in [7, 11) is 0. The summed E-state index contributed by atoms with van der Waals surface area (Å²) in [6.07, 6.45) is 3.60. The second-order valence-corrected chi connectivity index (χ2v) is 4.42. The number of hydrogen-bond acceptors (Lipinski definition) is 4. The van der Waals surface area contributed by atoms with Gasteiger partial charge in [-0.05, 0) is 43.2 Å². The Morgan fingerprint density at radius 2 is 2.10 bits per heavy atom. The molecule has 2 rings (SSSR count). The Kier molecular flexibility index (Phi) is 4.71. The summed E-state index contributed by atoms with van der Waals surface area (Å²) in [5, 5.41) is 3.27. The van der Waals surface area contributed by atoms with E-state index in [1.165, 1.54) is 5.56 Å². The Labute approximate surface area is 118 Å². The zero-order valence-corrected chi connectivity index (χ0v) is 11.7. The van der Waals surface area contributed by atoms with Gasteiger partial charge < -0.3 is 10.1 Å². The predicted molar refractivity (Wildman–Crippen MR) is 78.7 cm³/mol. The predicted octanol–water partition coefficient (Wildman–Crippen LogP) is 3.18. The van der Waals surface area contributed by atoms with Gasteiger partial charge in [0.05, 0.1) is 12.2 Å². The lowest BCUT2D eigenvalue weighted by Gasteiger charge is -2.12. The zero-order valence-electron chi connectivity index (χ0n) is 11.7. The van der Waals surface area contributed by atoms with Gasteiger partial charge in [-0.2, -0.15) is 0 Å². The number of anilines is 1. The number of aromatic nitrogens is 1. The van der Waals surface area contributed by atoms with Gasteiger partial charge in [0.15, 0.2) is 0 Å². The minimum atomic E-state index is -0.307. The molecular weight excluding hydrogens is 252 g/mol. The third kappa shape index (κ3) is 3.35. The quantitative estimate of drug-likeness (QED) is 0.848. The molecule has 0 aliphatic rings. The number of carbonyl (C=O) groups is 1. The highest BCUT2D eigenvalue weighted by atomic mass is 16.5. The van der Waals surface area contributed by atoms with Crippen LogP contribution in [0.2, 0.25) is 0 Å². The third-order valence-electron chi connectivity index (χ3n) is 3.04. The molecule has 0 amide bonds. The van der Waals surface area contributed by atoms with Crippen LogP contribution in [0.1, 0.15) is 28.4 Å². The average Bonchev–Trinajstić information content (AvgIpc) is 2.47. The molecule has 104 valence electrons. The molecular formula is C16H18N2O2. The Balaban J connectivity index is 2.14. The van der Waals surface area contributed by atoms with Gasteiger partial charge in [0.25, 0.3) is 0 Å². The molecule has 4 nitrogen and oxygen atoms in total. The molecule has 1 aromatic carbocycles. The van der Waals surface area contributed by atoms with Gasteiger partial charge >= 0.3 is 5.97 Å². The van der Waals surface area contributed by atoms with E-state index in [1.54, 1.807) is 19.2 Å². The van der Waals surface area contributed by atoms with Crippen LogP contribution in [0, 0.1) is 6.92 Å². The largest absolute Gasteiger partial charge is 0.462 e. The normalized spacial score (nSPS) is 10.1. The van der Waals surface area contributed by atoms with E-state index in [4.69, 9.17) is 4.74 Å². The number of rotatable bonds is 5. The number of para-hydroxylation sites is 1. The number of nitrogens with zero attached hydrogens (tertiary/aromatic N) is 1. The number of carbonyl (C=O) groups excluding carboxylic acids is 1. The van der Waals surface area contributed by atoms with E-state index in [2.05, 4.69) is 10.3 Å². The highest BCUT2D eigenvalue weighted by molar-refractivity contribution is 5.95. The second kappa shape index (κ2) is 6.70. The van der Waals surface area contributed by atoms with Crippen molar-refractivity contribution >= 4 is 11.7 Å². The molecule has 2 aromatic rings. The van der Waals surface area contributed by atoms with Crippen molar-refractivity contribution in [3.8, 4) is 0 Å². The van der Waals surface area contributed by atoms with E-state index < -0.39 is 0 Å². The van der Waals surface area contributed by atoms with E-state index in [1.807, 2.05) is 37.4 Å². The summed E-state index contributed by atoms with van der Waals surface area (Å²) in [5.41, 5.74) is 3.59. The number of ether oxygens (including phenoxy) is 1. The maximum atomic E-state index is 11.9. The number of pyridine rings is 1. The molecule has 0 bridgehead atoms. The fraction of sp³-hybridized carbons (Fsp3) is 0.250. The fourth-order valence-electron chi connectivity index (χ4n) is 1.90. The Morgan fingerprint density at radius 3 is 2.85 bits per heavy atom. The average molecular weight is 270 g/mol. The number of esters is 1. The Morgan fingerprint density at radius 1 is 1.30 bits per heavy atom. The van der Waals surface area contributed by atoms with Crippen LogP contribution in [0.25, 0.3) is 0 Å². The van der Waals surface area contributed by atoms with Gasteiger partial charge in [0, 0.05) is 24.6 Å². The molecule has 0 atom stereocenters. The lowest BCUT2D eigenvalue weighted by atomic mass is 10.1. The van der Waals surface area contributed by atoms with Crippen molar-refractivity contribution < 1.29 is 9.53 Å². The standard InChI is InChI=1S/C16H18N2O2/c1-3-20-16(19)14-6-4-5-7-15(14)18-11-13-10-17-9-8-12(13)2/h4-10,18H,3,11H2,1-2H3. The van der Waals surface area contributed by atoms with Gasteiger partial charge in [-0.15, -0.1) is 0 Å². The lowest BCUT2D eigenvalue weighted by molar-refractivity contribution is 0.0527. The van der Waals surface area contributed by atoms with Crippen LogP contribution in [0.4, 0.5) is 5.69 Å². The van der Waals surface area contributed by atoms with Crippen LogP contribution in [0.5, 0.6) is 0 Å². The first-order valence-electron chi connectivity index (χ1n) is 6.62. The first kappa shape index (κ1) is 14.1. The Bertz CT molecular complexity index is 597. The van der Waals surface area contributed by atoms with Crippen LogP contribution in [-0.4, -0.2) is 17.6 Å². The van der Waals surface area contributed by atoms with Crippen LogP contribution < -0.4 is 5.32 Å².